The third kappa shape index (κ3) is 4.42. The van der Waals surface area contributed by atoms with E-state index in [1.807, 2.05) is 25.5 Å². The van der Waals surface area contributed by atoms with Crippen molar-refractivity contribution in [3.63, 3.8) is 0 Å². The first-order chi connectivity index (χ1) is 16.0. The van der Waals surface area contributed by atoms with Crippen LogP contribution in [0.2, 0.25) is 5.02 Å². The molecule has 174 valence electrons. The molecular weight excluding hydrogens is 443 g/mol. The molecule has 1 atom stereocenters. The molecule has 3 aromatic rings. The highest BCUT2D eigenvalue weighted by Crippen LogP contribution is 2.33. The number of aryl methyl sites for hydroxylation is 1. The maximum absolute atomic E-state index is 13.8. The van der Waals surface area contributed by atoms with Crippen LogP contribution in [0, 0.1) is 5.82 Å². The van der Waals surface area contributed by atoms with Crippen molar-refractivity contribution in [1.29, 1.82) is 0 Å². The molecule has 1 aromatic carbocycles. The van der Waals surface area contributed by atoms with E-state index in [4.69, 9.17) is 21.6 Å². The van der Waals surface area contributed by atoms with E-state index < -0.39 is 5.82 Å². The van der Waals surface area contributed by atoms with Crippen molar-refractivity contribution in [2.24, 2.45) is 7.05 Å². The van der Waals surface area contributed by atoms with E-state index in [-0.39, 0.29) is 17.7 Å². The molecule has 0 aliphatic carbocycles. The number of aliphatic hydroxyl groups excluding tert-OH is 1. The molecule has 0 saturated carbocycles. The summed E-state index contributed by atoms with van der Waals surface area (Å²) in [4.78, 5) is 18.6. The Bertz CT molecular complexity index is 1130. The second-order valence-electron chi connectivity index (χ2n) is 8.87. The largest absolute Gasteiger partial charge is 0.394 e. The minimum atomic E-state index is -0.453. The lowest BCUT2D eigenvalue weighted by Gasteiger charge is -2.33. The van der Waals surface area contributed by atoms with Gasteiger partial charge in [0.05, 0.1) is 23.4 Å². The summed E-state index contributed by atoms with van der Waals surface area (Å²) in [6.07, 6.45) is 7.73. The normalized spacial score (nSPS) is 19.5. The van der Waals surface area contributed by atoms with Crippen LogP contribution < -0.4 is 9.80 Å². The molecule has 2 aliphatic rings. The van der Waals surface area contributed by atoms with E-state index in [0.29, 0.717) is 17.6 Å². The summed E-state index contributed by atoms with van der Waals surface area (Å²) in [5.74, 6) is 2.55. The fourth-order valence-electron chi connectivity index (χ4n) is 4.94. The minimum Gasteiger partial charge on any atom is -0.394 e. The maximum Gasteiger partial charge on any atom is 0.228 e. The summed E-state index contributed by atoms with van der Waals surface area (Å²) < 4.78 is 15.9. The summed E-state index contributed by atoms with van der Waals surface area (Å²) in [5, 5.41) is 9.91. The number of rotatable bonds is 5. The number of hydrogen-bond acceptors (Lipinski definition) is 6. The Morgan fingerprint density at radius 3 is 2.64 bits per heavy atom. The zero-order valence-corrected chi connectivity index (χ0v) is 19.4. The molecule has 0 spiro atoms. The van der Waals surface area contributed by atoms with Crippen LogP contribution >= 0.6 is 11.6 Å². The fraction of sp³-hybridized carbons (Fsp3) is 0.458. The molecule has 7 nitrogen and oxygen atoms in total. The van der Waals surface area contributed by atoms with Crippen LogP contribution in [-0.2, 0) is 7.05 Å². The number of imidazole rings is 1. The Balaban J connectivity index is 1.46. The van der Waals surface area contributed by atoms with Gasteiger partial charge in [-0.3, -0.25) is 0 Å². The Morgan fingerprint density at radius 1 is 1.12 bits per heavy atom. The fourth-order valence-corrected chi connectivity index (χ4v) is 5.12. The van der Waals surface area contributed by atoms with Crippen LogP contribution in [0.5, 0.6) is 0 Å². The highest BCUT2D eigenvalue weighted by Gasteiger charge is 2.29. The first-order valence-corrected chi connectivity index (χ1v) is 11.9. The molecule has 9 heteroatoms. The van der Waals surface area contributed by atoms with Crippen LogP contribution in [0.4, 0.5) is 16.2 Å². The maximum atomic E-state index is 13.8. The van der Waals surface area contributed by atoms with Crippen molar-refractivity contribution in [3.8, 4) is 11.3 Å². The average Bonchev–Trinajstić information content (AvgIpc) is 3.49. The van der Waals surface area contributed by atoms with Crippen molar-refractivity contribution >= 4 is 23.4 Å². The highest BCUT2D eigenvalue weighted by atomic mass is 35.5. The predicted molar refractivity (Wildman–Crippen MR) is 127 cm³/mol. The second kappa shape index (κ2) is 9.27. The number of aromatic nitrogens is 4. The van der Waals surface area contributed by atoms with Crippen LogP contribution in [-0.4, -0.2) is 56.9 Å². The quantitative estimate of drug-likeness (QED) is 0.607. The lowest BCUT2D eigenvalue weighted by molar-refractivity contribution is 0.265. The number of benzene rings is 1. The van der Waals surface area contributed by atoms with Crippen LogP contribution in [0.25, 0.3) is 11.3 Å². The van der Waals surface area contributed by atoms with Gasteiger partial charge < -0.3 is 19.5 Å². The lowest BCUT2D eigenvalue weighted by Crippen LogP contribution is -2.36. The van der Waals surface area contributed by atoms with Crippen molar-refractivity contribution in [3.05, 3.63) is 53.3 Å². The molecule has 1 unspecified atom stereocenters. The van der Waals surface area contributed by atoms with Crippen LogP contribution in [0.15, 0.2) is 36.7 Å². The topological polar surface area (TPSA) is 70.3 Å². The molecule has 2 aliphatic heterocycles. The SMILES string of the molecule is Cn1ccnc1C1CCN(c2cc(-c3ccc(F)c(Cl)c3)nc(N3CCCC3CO)n2)CC1. The zero-order valence-electron chi connectivity index (χ0n) is 18.7. The van der Waals surface area contributed by atoms with E-state index >= 15 is 0 Å². The van der Waals surface area contributed by atoms with Gasteiger partial charge in [0.15, 0.2) is 0 Å². The number of hydrogen-bond donors (Lipinski definition) is 1. The molecule has 2 fully saturated rings. The number of nitrogens with zero attached hydrogens (tertiary/aromatic N) is 6. The van der Waals surface area contributed by atoms with Gasteiger partial charge in [0.2, 0.25) is 5.95 Å². The van der Waals surface area contributed by atoms with Crippen molar-refractivity contribution < 1.29 is 9.50 Å². The number of piperidine rings is 1. The molecule has 1 N–H and O–H groups in total. The molecule has 2 saturated heterocycles. The predicted octanol–water partition coefficient (Wildman–Crippen LogP) is 4.01. The summed E-state index contributed by atoms with van der Waals surface area (Å²) in [6, 6.07) is 6.63. The standard InChI is InChI=1S/C24H28ClFN6O/c1-30-12-8-27-23(30)16-6-10-31(11-7-16)22-14-21(17-4-5-20(26)19(25)13-17)28-24(29-22)32-9-2-3-18(32)15-33/h4-5,8,12-14,16,18,33H,2-3,6-7,9-11,15H2,1H3. The third-order valence-corrected chi connectivity index (χ3v) is 7.09. The molecule has 0 bridgehead atoms. The van der Waals surface area contributed by atoms with Gasteiger partial charge in [-0.15, -0.1) is 0 Å². The van der Waals surface area contributed by atoms with E-state index in [1.54, 1.807) is 12.1 Å². The van der Waals surface area contributed by atoms with Crippen LogP contribution in [0.3, 0.4) is 0 Å². The molecule has 33 heavy (non-hydrogen) atoms. The van der Waals surface area contributed by atoms with E-state index in [9.17, 15) is 9.50 Å². The van der Waals surface area contributed by atoms with Gasteiger partial charge >= 0.3 is 0 Å². The number of halogens is 2. The van der Waals surface area contributed by atoms with Crippen LogP contribution in [0.1, 0.15) is 37.4 Å². The first-order valence-electron chi connectivity index (χ1n) is 11.5. The Hall–Kier alpha value is -2.71. The van der Waals surface area contributed by atoms with Crippen molar-refractivity contribution in [2.45, 2.75) is 37.6 Å². The Kier molecular flexibility index (Phi) is 6.21. The van der Waals surface area contributed by atoms with Gasteiger partial charge in [-0.25, -0.2) is 14.4 Å². The number of anilines is 2. The molecule has 2 aromatic heterocycles. The lowest BCUT2D eigenvalue weighted by atomic mass is 9.96. The Labute approximate surface area is 197 Å². The summed E-state index contributed by atoms with van der Waals surface area (Å²) in [6.45, 7) is 2.60. The zero-order chi connectivity index (χ0) is 22.9. The second-order valence-corrected chi connectivity index (χ2v) is 9.28. The summed E-state index contributed by atoms with van der Waals surface area (Å²) in [5.41, 5.74) is 1.45. The Morgan fingerprint density at radius 2 is 1.94 bits per heavy atom. The van der Waals surface area contributed by atoms with E-state index in [0.717, 1.165) is 62.5 Å². The highest BCUT2D eigenvalue weighted by molar-refractivity contribution is 6.31. The monoisotopic (exact) mass is 470 g/mol. The molecule has 5 rings (SSSR count). The van der Waals surface area contributed by atoms with Gasteiger partial charge in [0.1, 0.15) is 17.5 Å². The smallest absolute Gasteiger partial charge is 0.228 e. The molecule has 4 heterocycles. The van der Waals surface area contributed by atoms with Crippen molar-refractivity contribution in [2.75, 3.05) is 36.0 Å². The first kappa shape index (κ1) is 22.1. The van der Waals surface area contributed by atoms with Crippen molar-refractivity contribution in [1.82, 2.24) is 19.5 Å². The van der Waals surface area contributed by atoms with Gasteiger partial charge in [-0.1, -0.05) is 11.6 Å². The molecule has 0 amide bonds. The average molecular weight is 471 g/mol. The van der Waals surface area contributed by atoms with Gasteiger partial charge in [-0.2, -0.15) is 4.98 Å². The molecule has 0 radical (unpaired) electrons. The van der Waals surface area contributed by atoms with Gasteiger partial charge in [-0.05, 0) is 43.9 Å². The summed E-state index contributed by atoms with van der Waals surface area (Å²) >= 11 is 6.06. The van der Waals surface area contributed by atoms with Gasteiger partial charge in [0, 0.05) is 56.6 Å². The van der Waals surface area contributed by atoms with Gasteiger partial charge in [0.25, 0.3) is 0 Å². The minimum absolute atomic E-state index is 0.0130. The van der Waals surface area contributed by atoms with E-state index in [1.165, 1.54) is 6.07 Å². The molecular formula is C24H28ClFN6O. The third-order valence-electron chi connectivity index (χ3n) is 6.80. The summed E-state index contributed by atoms with van der Waals surface area (Å²) in [7, 11) is 2.04. The number of aliphatic hydroxyl groups is 1. The van der Waals surface area contributed by atoms with E-state index in [2.05, 4.69) is 19.4 Å².